The molecule has 168 valence electrons. The van der Waals surface area contributed by atoms with Crippen molar-refractivity contribution in [1.82, 2.24) is 20.3 Å². The molecular formula is C24H19N7O2S. The molecule has 3 N–H and O–H groups in total. The van der Waals surface area contributed by atoms with Crippen LogP contribution in [-0.4, -0.2) is 36.6 Å². The number of hydrogen-bond donors (Lipinski definition) is 3. The van der Waals surface area contributed by atoms with E-state index in [1.165, 1.54) is 36.7 Å². The molecule has 0 fully saturated rings. The highest BCUT2D eigenvalue weighted by Gasteiger charge is 2.15. The lowest BCUT2D eigenvalue weighted by atomic mass is 10.1. The molecule has 0 atom stereocenters. The number of sulfonamides is 1. The fourth-order valence-corrected chi connectivity index (χ4v) is 4.29. The van der Waals surface area contributed by atoms with Crippen molar-refractivity contribution >= 4 is 38.5 Å². The zero-order valence-corrected chi connectivity index (χ0v) is 18.8. The van der Waals surface area contributed by atoms with Gasteiger partial charge in [0.2, 0.25) is 0 Å². The molecular weight excluding hydrogens is 450 g/mol. The summed E-state index contributed by atoms with van der Waals surface area (Å²) in [7, 11) is -2.11. The number of benzene rings is 2. The topological polar surface area (TPSA) is 145 Å². The second-order valence-corrected chi connectivity index (χ2v) is 8.88. The predicted molar refractivity (Wildman–Crippen MR) is 131 cm³/mol. The van der Waals surface area contributed by atoms with Crippen molar-refractivity contribution in [2.75, 3.05) is 11.8 Å². The van der Waals surface area contributed by atoms with Gasteiger partial charge in [-0.2, -0.15) is 5.26 Å². The van der Waals surface area contributed by atoms with Gasteiger partial charge >= 0.3 is 0 Å². The first-order valence-corrected chi connectivity index (χ1v) is 11.6. The van der Waals surface area contributed by atoms with Crippen LogP contribution in [0.2, 0.25) is 0 Å². The number of nitrogens with one attached hydrogen (secondary N) is 3. The first kappa shape index (κ1) is 22.6. The average Bonchev–Trinajstić information content (AvgIpc) is 2.86. The van der Waals surface area contributed by atoms with Crippen LogP contribution in [0.5, 0.6) is 0 Å². The van der Waals surface area contributed by atoms with Crippen LogP contribution in [0.25, 0.3) is 27.7 Å². The summed E-state index contributed by atoms with van der Waals surface area (Å²) in [4.78, 5) is 13.2. The van der Waals surface area contributed by atoms with Crippen molar-refractivity contribution in [2.24, 2.45) is 0 Å². The molecule has 0 amide bonds. The van der Waals surface area contributed by atoms with Gasteiger partial charge in [-0.1, -0.05) is 6.07 Å². The number of rotatable bonds is 7. The van der Waals surface area contributed by atoms with E-state index in [0.717, 1.165) is 5.56 Å². The summed E-state index contributed by atoms with van der Waals surface area (Å²) in [5.41, 5.74) is 4.59. The van der Waals surface area contributed by atoms with Crippen LogP contribution in [0, 0.1) is 16.7 Å². The number of fused-ring (bicyclic) bond motifs is 1. The average molecular weight is 470 g/mol. The molecule has 10 heteroatoms. The summed E-state index contributed by atoms with van der Waals surface area (Å²) in [5.74, 6) is 0. The van der Waals surface area contributed by atoms with Crippen LogP contribution in [0.1, 0.15) is 11.3 Å². The minimum absolute atomic E-state index is 0.0436. The molecule has 4 aromatic rings. The maximum atomic E-state index is 12.7. The molecule has 2 aromatic heterocycles. The van der Waals surface area contributed by atoms with Gasteiger partial charge in [-0.05, 0) is 48.0 Å². The van der Waals surface area contributed by atoms with E-state index in [1.807, 2.05) is 24.3 Å². The van der Waals surface area contributed by atoms with E-state index < -0.39 is 10.0 Å². The molecule has 0 spiro atoms. The highest BCUT2D eigenvalue weighted by Crippen LogP contribution is 2.26. The normalized spacial score (nSPS) is 11.6. The first-order valence-electron chi connectivity index (χ1n) is 10.1. The number of nitrogens with zero attached hydrogens (tertiary/aromatic N) is 4. The Morgan fingerprint density at radius 2 is 1.82 bits per heavy atom. The van der Waals surface area contributed by atoms with E-state index in [-0.39, 0.29) is 4.90 Å². The smallest absolute Gasteiger partial charge is 0.261 e. The summed E-state index contributed by atoms with van der Waals surface area (Å²) in [6, 6.07) is 14.8. The summed E-state index contributed by atoms with van der Waals surface area (Å²) >= 11 is 0. The lowest BCUT2D eigenvalue weighted by molar-refractivity contribution is 0.601. The van der Waals surface area contributed by atoms with Crippen molar-refractivity contribution < 1.29 is 8.42 Å². The minimum Gasteiger partial charge on any atom is -0.393 e. The monoisotopic (exact) mass is 469 g/mol. The summed E-state index contributed by atoms with van der Waals surface area (Å²) < 4.78 is 28.0. The van der Waals surface area contributed by atoms with E-state index in [1.54, 1.807) is 31.7 Å². The molecule has 2 heterocycles. The summed E-state index contributed by atoms with van der Waals surface area (Å²) in [6.45, 7) is 0. The largest absolute Gasteiger partial charge is 0.393 e. The van der Waals surface area contributed by atoms with Crippen molar-refractivity contribution in [2.45, 2.75) is 4.90 Å². The molecule has 34 heavy (non-hydrogen) atoms. The number of pyridine rings is 1. The van der Waals surface area contributed by atoms with Crippen molar-refractivity contribution in [1.29, 1.82) is 10.7 Å². The highest BCUT2D eigenvalue weighted by molar-refractivity contribution is 7.92. The van der Waals surface area contributed by atoms with Crippen molar-refractivity contribution in [3.8, 4) is 17.2 Å². The third-order valence-electron chi connectivity index (χ3n) is 4.91. The standard InChI is InChI=1S/C24H19N7O2S/c1-27-12-19(11-26)24-15-29-22-7-4-17(9-23(22)30-24)18-8-20(14-28-13-18)31-34(32,33)21-5-2-16(10-25)3-6-21/h2-9,11-15,26-27,31H,1H3/b19-12+,26-11?. The van der Waals surface area contributed by atoms with Crippen molar-refractivity contribution in [3.63, 3.8) is 0 Å². The van der Waals surface area contributed by atoms with E-state index in [2.05, 4.69) is 25.0 Å². The van der Waals surface area contributed by atoms with Gasteiger partial charge in [-0.15, -0.1) is 0 Å². The number of aromatic nitrogens is 3. The Morgan fingerprint density at radius 1 is 1.03 bits per heavy atom. The Hall–Kier alpha value is -4.62. The Labute approximate surface area is 196 Å². The summed E-state index contributed by atoms with van der Waals surface area (Å²) in [5, 5.41) is 19.4. The Balaban J connectivity index is 1.66. The number of nitriles is 1. The highest BCUT2D eigenvalue weighted by atomic mass is 32.2. The molecule has 9 nitrogen and oxygen atoms in total. The second kappa shape index (κ2) is 9.48. The molecule has 0 unspecified atom stereocenters. The minimum atomic E-state index is -3.85. The van der Waals surface area contributed by atoms with Gasteiger partial charge in [0, 0.05) is 36.8 Å². The van der Waals surface area contributed by atoms with Crippen LogP contribution in [0.3, 0.4) is 0 Å². The van der Waals surface area contributed by atoms with Gasteiger partial charge in [0.15, 0.2) is 0 Å². The van der Waals surface area contributed by atoms with Gasteiger partial charge in [0.25, 0.3) is 10.0 Å². The molecule has 0 bridgehead atoms. The van der Waals surface area contributed by atoms with Crippen LogP contribution in [0.4, 0.5) is 5.69 Å². The number of anilines is 1. The van der Waals surface area contributed by atoms with Crippen LogP contribution < -0.4 is 10.0 Å². The van der Waals surface area contributed by atoms with Crippen LogP contribution in [-0.2, 0) is 10.0 Å². The predicted octanol–water partition coefficient (Wildman–Crippen LogP) is 3.57. The molecule has 0 aliphatic heterocycles. The zero-order chi connectivity index (χ0) is 24.1. The lowest BCUT2D eigenvalue weighted by Gasteiger charge is -2.10. The quantitative estimate of drug-likeness (QED) is 0.351. The third kappa shape index (κ3) is 4.74. The molecule has 0 aliphatic rings. The van der Waals surface area contributed by atoms with Crippen LogP contribution >= 0.6 is 0 Å². The van der Waals surface area contributed by atoms with Gasteiger partial charge in [-0.3, -0.25) is 14.7 Å². The number of allylic oxidation sites excluding steroid dienone is 1. The van der Waals surface area contributed by atoms with Gasteiger partial charge in [0.1, 0.15) is 0 Å². The number of hydrogen-bond acceptors (Lipinski definition) is 8. The zero-order valence-electron chi connectivity index (χ0n) is 18.0. The van der Waals surface area contributed by atoms with E-state index in [4.69, 9.17) is 10.7 Å². The van der Waals surface area contributed by atoms with E-state index in [0.29, 0.717) is 39.1 Å². The molecule has 0 radical (unpaired) electrons. The van der Waals surface area contributed by atoms with Crippen LogP contribution in [0.15, 0.2) is 78.2 Å². The molecule has 0 saturated heterocycles. The Bertz CT molecular complexity index is 1560. The Kier molecular flexibility index (Phi) is 6.29. The lowest BCUT2D eigenvalue weighted by Crippen LogP contribution is -2.13. The third-order valence-corrected chi connectivity index (χ3v) is 6.31. The fourth-order valence-electron chi connectivity index (χ4n) is 3.25. The maximum Gasteiger partial charge on any atom is 0.261 e. The van der Waals surface area contributed by atoms with E-state index >= 15 is 0 Å². The second-order valence-electron chi connectivity index (χ2n) is 7.20. The Morgan fingerprint density at radius 3 is 2.53 bits per heavy atom. The molecule has 4 rings (SSSR count). The molecule has 0 saturated carbocycles. The van der Waals surface area contributed by atoms with Gasteiger partial charge < -0.3 is 10.7 Å². The maximum absolute atomic E-state index is 12.7. The van der Waals surface area contributed by atoms with Crippen molar-refractivity contribution in [3.05, 3.63) is 84.6 Å². The molecule has 2 aromatic carbocycles. The first-order chi connectivity index (χ1) is 16.4. The van der Waals surface area contributed by atoms with E-state index in [9.17, 15) is 8.42 Å². The van der Waals surface area contributed by atoms with Gasteiger partial charge in [0.05, 0.1) is 51.3 Å². The SMILES string of the molecule is CN/C=C(\C=N)c1cnc2ccc(-c3cncc(NS(=O)(=O)c4ccc(C#N)cc4)c3)cc2n1. The fraction of sp³-hybridized carbons (Fsp3) is 0.0417. The molecule has 0 aliphatic carbocycles. The summed E-state index contributed by atoms with van der Waals surface area (Å²) in [6.07, 6.45) is 7.52. The van der Waals surface area contributed by atoms with Gasteiger partial charge in [-0.25, -0.2) is 13.4 Å².